The van der Waals surface area contributed by atoms with E-state index in [0.717, 1.165) is 5.69 Å². The van der Waals surface area contributed by atoms with Gasteiger partial charge in [0.2, 0.25) is 0 Å². The van der Waals surface area contributed by atoms with E-state index in [1.807, 2.05) is 11.0 Å². The molecule has 1 aliphatic heterocycles. The number of nitrogens with two attached hydrogens (primary N) is 1. The van der Waals surface area contributed by atoms with Gasteiger partial charge < -0.3 is 10.6 Å². The molecule has 1 aromatic rings. The lowest BCUT2D eigenvalue weighted by atomic mass is 10.0. The van der Waals surface area contributed by atoms with Gasteiger partial charge in [-0.15, -0.1) is 0 Å². The molecule has 1 aliphatic rings. The largest absolute Gasteiger partial charge is 0.368 e. The minimum Gasteiger partial charge on any atom is -0.368 e. The molecule has 1 aromatic carbocycles. The van der Waals surface area contributed by atoms with Crippen LogP contribution in [0.2, 0.25) is 0 Å². The van der Waals surface area contributed by atoms with Gasteiger partial charge in [0.05, 0.1) is 6.07 Å². The van der Waals surface area contributed by atoms with Crippen molar-refractivity contribution in [3.8, 4) is 6.07 Å². The van der Waals surface area contributed by atoms with Crippen molar-refractivity contribution in [1.29, 1.82) is 5.26 Å². The van der Waals surface area contributed by atoms with Crippen LogP contribution in [-0.4, -0.2) is 18.6 Å². The molecule has 0 saturated carbocycles. The topological polar surface area (TPSA) is 53.1 Å². The normalized spacial score (nSPS) is 25.3. The van der Waals surface area contributed by atoms with Crippen LogP contribution in [0.3, 0.4) is 0 Å². The van der Waals surface area contributed by atoms with Crippen LogP contribution in [-0.2, 0) is 0 Å². The molecule has 1 heterocycles. The van der Waals surface area contributed by atoms with Crippen LogP contribution in [0, 0.1) is 17.1 Å². The number of nitriles is 1. The van der Waals surface area contributed by atoms with E-state index >= 15 is 0 Å². The summed E-state index contributed by atoms with van der Waals surface area (Å²) in [6, 6.07) is 8.45. The number of nitrogens with zero attached hydrogens (tertiary/aromatic N) is 2. The number of benzene rings is 1. The highest BCUT2D eigenvalue weighted by molar-refractivity contribution is 5.49. The average Bonchev–Trinajstić information content (AvgIpc) is 2.62. The predicted molar refractivity (Wildman–Crippen MR) is 55.8 cm³/mol. The third-order valence-corrected chi connectivity index (χ3v) is 2.70. The minimum absolute atomic E-state index is 0.265. The highest BCUT2D eigenvalue weighted by Crippen LogP contribution is 2.25. The number of hydrogen-bond acceptors (Lipinski definition) is 3. The van der Waals surface area contributed by atoms with Crippen LogP contribution in [0.15, 0.2) is 24.3 Å². The zero-order valence-electron chi connectivity index (χ0n) is 8.28. The van der Waals surface area contributed by atoms with Crippen molar-refractivity contribution in [2.45, 2.75) is 12.0 Å². The summed E-state index contributed by atoms with van der Waals surface area (Å²) >= 11 is 0. The molecule has 78 valence electrons. The molecule has 0 bridgehead atoms. The Balaban J connectivity index is 2.19. The Bertz CT molecular complexity index is 413. The first-order valence-corrected chi connectivity index (χ1v) is 4.84. The van der Waals surface area contributed by atoms with Crippen molar-refractivity contribution in [3.63, 3.8) is 0 Å². The van der Waals surface area contributed by atoms with Gasteiger partial charge in [-0.05, 0) is 24.6 Å². The lowest BCUT2D eigenvalue weighted by Gasteiger charge is -2.19. The Morgan fingerprint density at radius 2 is 2.33 bits per heavy atom. The molecule has 0 aliphatic carbocycles. The molecule has 1 unspecified atom stereocenters. The average molecular weight is 205 g/mol. The number of rotatable bonds is 1. The molecule has 0 amide bonds. The van der Waals surface area contributed by atoms with Crippen LogP contribution in [0.4, 0.5) is 10.1 Å². The first kappa shape index (κ1) is 9.94. The van der Waals surface area contributed by atoms with E-state index in [0.29, 0.717) is 19.5 Å². The van der Waals surface area contributed by atoms with Crippen molar-refractivity contribution in [3.05, 3.63) is 30.1 Å². The fourth-order valence-electron chi connectivity index (χ4n) is 1.82. The molecule has 15 heavy (non-hydrogen) atoms. The fourth-order valence-corrected chi connectivity index (χ4v) is 1.82. The summed E-state index contributed by atoms with van der Waals surface area (Å²) < 4.78 is 13.0. The molecular weight excluding hydrogens is 193 g/mol. The highest BCUT2D eigenvalue weighted by Gasteiger charge is 2.34. The quantitative estimate of drug-likeness (QED) is 0.750. The minimum atomic E-state index is -0.785. The van der Waals surface area contributed by atoms with E-state index in [1.54, 1.807) is 6.07 Å². The van der Waals surface area contributed by atoms with Gasteiger partial charge in [0.25, 0.3) is 0 Å². The second-order valence-electron chi connectivity index (χ2n) is 3.92. The van der Waals surface area contributed by atoms with Gasteiger partial charge in [0, 0.05) is 18.8 Å². The van der Waals surface area contributed by atoms with Gasteiger partial charge in [0.15, 0.2) is 0 Å². The Morgan fingerprint density at radius 3 is 2.93 bits per heavy atom. The summed E-state index contributed by atoms with van der Waals surface area (Å²) in [7, 11) is 0. The summed E-state index contributed by atoms with van der Waals surface area (Å²) in [5.41, 5.74) is 5.83. The summed E-state index contributed by atoms with van der Waals surface area (Å²) in [4.78, 5) is 1.94. The van der Waals surface area contributed by atoms with E-state index in [1.165, 1.54) is 12.1 Å². The summed E-state index contributed by atoms with van der Waals surface area (Å²) in [5.74, 6) is -0.265. The zero-order valence-corrected chi connectivity index (χ0v) is 8.28. The van der Waals surface area contributed by atoms with E-state index in [9.17, 15) is 4.39 Å². The summed E-state index contributed by atoms with van der Waals surface area (Å²) in [5, 5.41) is 8.87. The second-order valence-corrected chi connectivity index (χ2v) is 3.92. The maximum Gasteiger partial charge on any atom is 0.125 e. The molecular formula is C11H12FN3. The Labute approximate surface area is 87.9 Å². The van der Waals surface area contributed by atoms with Crippen LogP contribution in [0.5, 0.6) is 0 Å². The van der Waals surface area contributed by atoms with E-state index in [2.05, 4.69) is 6.07 Å². The van der Waals surface area contributed by atoms with Crippen LogP contribution in [0.25, 0.3) is 0 Å². The molecule has 3 nitrogen and oxygen atoms in total. The third kappa shape index (κ3) is 1.92. The van der Waals surface area contributed by atoms with Crippen LogP contribution < -0.4 is 10.6 Å². The maximum atomic E-state index is 13.0. The summed E-state index contributed by atoms with van der Waals surface area (Å²) in [6.45, 7) is 1.17. The monoisotopic (exact) mass is 205 g/mol. The first-order chi connectivity index (χ1) is 7.13. The van der Waals surface area contributed by atoms with Gasteiger partial charge >= 0.3 is 0 Å². The third-order valence-electron chi connectivity index (χ3n) is 2.70. The zero-order chi connectivity index (χ0) is 10.9. The molecule has 2 N–H and O–H groups in total. The molecule has 0 aromatic heterocycles. The van der Waals surface area contributed by atoms with E-state index in [4.69, 9.17) is 11.0 Å². The SMILES string of the molecule is N#CC1(N)CCN(c2cccc(F)c2)C1. The van der Waals surface area contributed by atoms with Crippen molar-refractivity contribution in [2.75, 3.05) is 18.0 Å². The van der Waals surface area contributed by atoms with E-state index in [-0.39, 0.29) is 5.82 Å². The molecule has 0 spiro atoms. The second kappa shape index (κ2) is 3.52. The number of anilines is 1. The van der Waals surface area contributed by atoms with Gasteiger partial charge in [-0.25, -0.2) is 4.39 Å². The Morgan fingerprint density at radius 1 is 1.53 bits per heavy atom. The highest BCUT2D eigenvalue weighted by atomic mass is 19.1. The van der Waals surface area contributed by atoms with Crippen molar-refractivity contribution in [1.82, 2.24) is 0 Å². The van der Waals surface area contributed by atoms with Crippen molar-refractivity contribution < 1.29 is 4.39 Å². The molecule has 1 saturated heterocycles. The van der Waals surface area contributed by atoms with Crippen LogP contribution >= 0.6 is 0 Å². The van der Waals surface area contributed by atoms with Gasteiger partial charge in [-0.1, -0.05) is 6.07 Å². The van der Waals surface area contributed by atoms with E-state index < -0.39 is 5.54 Å². The van der Waals surface area contributed by atoms with Crippen molar-refractivity contribution >= 4 is 5.69 Å². The number of halogens is 1. The summed E-state index contributed by atoms with van der Waals surface area (Å²) in [6.07, 6.45) is 0.625. The van der Waals surface area contributed by atoms with Gasteiger partial charge in [0.1, 0.15) is 11.4 Å². The Kier molecular flexibility index (Phi) is 2.33. The molecule has 0 radical (unpaired) electrons. The van der Waals surface area contributed by atoms with Gasteiger partial charge in [-0.2, -0.15) is 5.26 Å². The lowest BCUT2D eigenvalue weighted by Crippen LogP contribution is -2.41. The predicted octanol–water partition coefficient (Wildman–Crippen LogP) is 1.26. The number of hydrogen-bond donors (Lipinski definition) is 1. The van der Waals surface area contributed by atoms with Crippen LogP contribution in [0.1, 0.15) is 6.42 Å². The molecule has 1 fully saturated rings. The fraction of sp³-hybridized carbons (Fsp3) is 0.364. The Hall–Kier alpha value is -1.60. The van der Waals surface area contributed by atoms with Gasteiger partial charge in [-0.3, -0.25) is 0 Å². The maximum absolute atomic E-state index is 13.0. The smallest absolute Gasteiger partial charge is 0.125 e. The first-order valence-electron chi connectivity index (χ1n) is 4.84. The molecule has 1 atom stereocenters. The lowest BCUT2D eigenvalue weighted by molar-refractivity contribution is 0.605. The standard InChI is InChI=1S/C11H12FN3/c12-9-2-1-3-10(6-9)15-5-4-11(14,7-13)8-15/h1-3,6H,4-5,8,14H2. The van der Waals surface area contributed by atoms with Crippen molar-refractivity contribution in [2.24, 2.45) is 5.73 Å². The molecule has 4 heteroatoms. The molecule has 2 rings (SSSR count).